The minimum absolute atomic E-state index is 0. The van der Waals surface area contributed by atoms with E-state index < -0.39 is 0 Å². The van der Waals surface area contributed by atoms with Gasteiger partial charge in [-0.25, -0.2) is 4.98 Å². The zero-order valence-corrected chi connectivity index (χ0v) is 11.1. The maximum Gasteiger partial charge on any atom is 0.213 e. The van der Waals surface area contributed by atoms with Crippen LogP contribution in [0, 0.1) is 0 Å². The van der Waals surface area contributed by atoms with E-state index in [9.17, 15) is 0 Å². The third-order valence-electron chi connectivity index (χ3n) is 2.24. The molecule has 1 atom stereocenters. The van der Waals surface area contributed by atoms with E-state index in [1.54, 1.807) is 18.3 Å². The van der Waals surface area contributed by atoms with Gasteiger partial charge in [0, 0.05) is 18.8 Å². The first-order chi connectivity index (χ1) is 6.84. The number of piperidine rings is 1. The number of halogens is 3. The largest absolute Gasteiger partial charge is 0.473 e. The Morgan fingerprint density at radius 3 is 2.75 bits per heavy atom. The molecular formula is C10H15Cl3N2O. The molecule has 1 aliphatic rings. The molecule has 6 heteroatoms. The molecule has 0 saturated carbocycles. The fourth-order valence-corrected chi connectivity index (χ4v) is 1.63. The van der Waals surface area contributed by atoms with Crippen molar-refractivity contribution < 1.29 is 4.74 Å². The molecule has 1 aromatic heterocycles. The van der Waals surface area contributed by atoms with Gasteiger partial charge in [0.25, 0.3) is 0 Å². The Bertz CT molecular complexity index is 289. The van der Waals surface area contributed by atoms with Gasteiger partial charge in [-0.15, -0.1) is 24.8 Å². The Morgan fingerprint density at radius 2 is 2.19 bits per heavy atom. The highest BCUT2D eigenvalue weighted by Gasteiger charge is 2.14. The van der Waals surface area contributed by atoms with Crippen molar-refractivity contribution in [2.24, 2.45) is 0 Å². The van der Waals surface area contributed by atoms with Crippen LogP contribution in [0.15, 0.2) is 18.3 Å². The number of nitrogens with one attached hydrogen (secondary N) is 1. The Hall–Kier alpha value is -0.220. The summed E-state index contributed by atoms with van der Waals surface area (Å²) in [7, 11) is 0. The van der Waals surface area contributed by atoms with E-state index in [1.165, 1.54) is 0 Å². The summed E-state index contributed by atoms with van der Waals surface area (Å²) in [6, 6.07) is 3.59. The minimum atomic E-state index is 0. The van der Waals surface area contributed by atoms with E-state index in [0.29, 0.717) is 10.9 Å². The van der Waals surface area contributed by atoms with Crippen molar-refractivity contribution in [1.82, 2.24) is 10.3 Å². The monoisotopic (exact) mass is 284 g/mol. The molecule has 0 aliphatic carbocycles. The fraction of sp³-hybridized carbons (Fsp3) is 0.500. The summed E-state index contributed by atoms with van der Waals surface area (Å²) < 4.78 is 5.68. The molecule has 3 nitrogen and oxygen atoms in total. The Balaban J connectivity index is 0.00000112. The second kappa shape index (κ2) is 7.96. The van der Waals surface area contributed by atoms with Gasteiger partial charge in [-0.2, -0.15) is 0 Å². The standard InChI is InChI=1S/C10H13ClN2O.2ClH/c11-8-3-4-10(13-6-8)14-9-2-1-5-12-7-9;;/h3-4,6,9,12H,1-2,5,7H2;2*1H. The Labute approximate surface area is 113 Å². The lowest BCUT2D eigenvalue weighted by Gasteiger charge is -2.23. The van der Waals surface area contributed by atoms with Gasteiger partial charge >= 0.3 is 0 Å². The Kier molecular flexibility index (Phi) is 7.85. The molecule has 1 fully saturated rings. The molecule has 16 heavy (non-hydrogen) atoms. The molecule has 0 spiro atoms. The summed E-state index contributed by atoms with van der Waals surface area (Å²) in [5, 5.41) is 3.93. The highest BCUT2D eigenvalue weighted by atomic mass is 35.5. The highest BCUT2D eigenvalue weighted by Crippen LogP contribution is 2.15. The van der Waals surface area contributed by atoms with Crippen LogP contribution in [0.2, 0.25) is 5.02 Å². The average Bonchev–Trinajstić information content (AvgIpc) is 2.23. The molecule has 0 bridgehead atoms. The first-order valence-electron chi connectivity index (χ1n) is 4.83. The van der Waals surface area contributed by atoms with Gasteiger partial charge in [0.2, 0.25) is 5.88 Å². The van der Waals surface area contributed by atoms with Crippen LogP contribution in [0.25, 0.3) is 0 Å². The highest BCUT2D eigenvalue weighted by molar-refractivity contribution is 6.30. The molecule has 2 heterocycles. The van der Waals surface area contributed by atoms with E-state index >= 15 is 0 Å². The van der Waals surface area contributed by atoms with Crippen molar-refractivity contribution in [3.05, 3.63) is 23.4 Å². The number of rotatable bonds is 2. The van der Waals surface area contributed by atoms with Crippen molar-refractivity contribution >= 4 is 36.4 Å². The molecular weight excluding hydrogens is 270 g/mol. The molecule has 1 aromatic rings. The zero-order valence-electron chi connectivity index (χ0n) is 8.69. The van der Waals surface area contributed by atoms with E-state index in [4.69, 9.17) is 16.3 Å². The quantitative estimate of drug-likeness (QED) is 0.907. The molecule has 0 amide bonds. The third-order valence-corrected chi connectivity index (χ3v) is 2.46. The van der Waals surface area contributed by atoms with Crippen LogP contribution in [0.4, 0.5) is 0 Å². The van der Waals surface area contributed by atoms with Gasteiger partial charge in [-0.3, -0.25) is 0 Å². The topological polar surface area (TPSA) is 34.1 Å². The van der Waals surface area contributed by atoms with Gasteiger partial charge in [0.1, 0.15) is 6.10 Å². The van der Waals surface area contributed by atoms with Gasteiger partial charge in [0.15, 0.2) is 0 Å². The van der Waals surface area contributed by atoms with Crippen LogP contribution in [-0.2, 0) is 0 Å². The molecule has 92 valence electrons. The van der Waals surface area contributed by atoms with Gasteiger partial charge in [-0.1, -0.05) is 11.6 Å². The number of pyridine rings is 1. The second-order valence-corrected chi connectivity index (χ2v) is 3.84. The molecule has 1 unspecified atom stereocenters. The summed E-state index contributed by atoms with van der Waals surface area (Å²) in [6.07, 6.45) is 4.11. The number of hydrogen-bond donors (Lipinski definition) is 1. The Morgan fingerprint density at radius 1 is 1.38 bits per heavy atom. The molecule has 0 aromatic carbocycles. The van der Waals surface area contributed by atoms with Gasteiger partial charge < -0.3 is 10.1 Å². The molecule has 1 N–H and O–H groups in total. The molecule has 1 aliphatic heterocycles. The van der Waals surface area contributed by atoms with Crippen LogP contribution < -0.4 is 10.1 Å². The summed E-state index contributed by atoms with van der Waals surface area (Å²) >= 11 is 5.72. The molecule has 2 rings (SSSR count). The summed E-state index contributed by atoms with van der Waals surface area (Å²) in [4.78, 5) is 4.09. The van der Waals surface area contributed by atoms with Crippen molar-refractivity contribution in [1.29, 1.82) is 0 Å². The lowest BCUT2D eigenvalue weighted by Crippen LogP contribution is -2.37. The van der Waals surface area contributed by atoms with Gasteiger partial charge in [0.05, 0.1) is 5.02 Å². The minimum Gasteiger partial charge on any atom is -0.473 e. The SMILES string of the molecule is Cl.Cl.Clc1ccc(OC2CCCNC2)nc1. The molecule has 1 saturated heterocycles. The molecule has 0 radical (unpaired) electrons. The maximum atomic E-state index is 5.72. The number of ether oxygens (including phenoxy) is 1. The maximum absolute atomic E-state index is 5.72. The van der Waals surface area contributed by atoms with Crippen LogP contribution >= 0.6 is 36.4 Å². The van der Waals surface area contributed by atoms with Crippen LogP contribution in [0.3, 0.4) is 0 Å². The predicted octanol–water partition coefficient (Wildman–Crippen LogP) is 2.71. The lowest BCUT2D eigenvalue weighted by atomic mass is 10.1. The van der Waals surface area contributed by atoms with E-state index in [-0.39, 0.29) is 30.9 Å². The smallest absolute Gasteiger partial charge is 0.213 e. The lowest BCUT2D eigenvalue weighted by molar-refractivity contribution is 0.160. The number of hydrogen-bond acceptors (Lipinski definition) is 3. The van der Waals surface area contributed by atoms with Gasteiger partial charge in [-0.05, 0) is 25.5 Å². The van der Waals surface area contributed by atoms with Crippen LogP contribution in [0.1, 0.15) is 12.8 Å². The first kappa shape index (κ1) is 15.8. The number of aromatic nitrogens is 1. The first-order valence-corrected chi connectivity index (χ1v) is 5.21. The zero-order chi connectivity index (χ0) is 9.80. The van der Waals surface area contributed by atoms with Crippen LogP contribution in [-0.4, -0.2) is 24.2 Å². The predicted molar refractivity (Wildman–Crippen MR) is 70.3 cm³/mol. The second-order valence-electron chi connectivity index (χ2n) is 3.40. The normalized spacial score (nSPS) is 19.2. The van der Waals surface area contributed by atoms with Crippen molar-refractivity contribution in [3.8, 4) is 5.88 Å². The fourth-order valence-electron chi connectivity index (χ4n) is 1.52. The summed E-state index contributed by atoms with van der Waals surface area (Å²) in [5.41, 5.74) is 0. The summed E-state index contributed by atoms with van der Waals surface area (Å²) in [5.74, 6) is 0.656. The van der Waals surface area contributed by atoms with E-state index in [2.05, 4.69) is 10.3 Å². The average molecular weight is 286 g/mol. The number of nitrogens with zero attached hydrogens (tertiary/aromatic N) is 1. The van der Waals surface area contributed by atoms with E-state index in [1.807, 2.05) is 0 Å². The van der Waals surface area contributed by atoms with Crippen molar-refractivity contribution in [3.63, 3.8) is 0 Å². The van der Waals surface area contributed by atoms with E-state index in [0.717, 1.165) is 25.9 Å². The summed E-state index contributed by atoms with van der Waals surface area (Å²) in [6.45, 7) is 2.00. The third kappa shape index (κ3) is 4.74. The van der Waals surface area contributed by atoms with Crippen LogP contribution in [0.5, 0.6) is 5.88 Å². The van der Waals surface area contributed by atoms with Crippen molar-refractivity contribution in [2.75, 3.05) is 13.1 Å². The van der Waals surface area contributed by atoms with Crippen molar-refractivity contribution in [2.45, 2.75) is 18.9 Å².